The van der Waals surface area contributed by atoms with Crippen molar-refractivity contribution in [1.82, 2.24) is 14.4 Å². The maximum absolute atomic E-state index is 14.7. The van der Waals surface area contributed by atoms with Crippen molar-refractivity contribution in [2.45, 2.75) is 25.4 Å². The number of nitrogens with zero attached hydrogens (tertiary/aromatic N) is 3. The fraction of sp³-hybridized carbons (Fsp3) is 0.308. The standard InChI is InChI=1S/C26H25FN4O5/c1-14-10-16(12-33-20(14)11-32)26-30-22(23-25(28)29-8-9-31(23)26)15-2-4-17(5-3-15)36-18-6-7-19-24(21(18)27)35-13-34-19/h2-9,14,16,20,32H,10-13H2,1H3,(H2,28,29). The molecule has 4 heterocycles. The number of benzene rings is 2. The Kier molecular flexibility index (Phi) is 5.62. The quantitative estimate of drug-likeness (QED) is 0.427. The second-order valence-corrected chi connectivity index (χ2v) is 9.05. The Balaban J connectivity index is 1.31. The Hall–Kier alpha value is -3.89. The summed E-state index contributed by atoms with van der Waals surface area (Å²) in [5.41, 5.74) is 8.49. The van der Waals surface area contributed by atoms with E-state index in [9.17, 15) is 9.50 Å². The van der Waals surface area contributed by atoms with Gasteiger partial charge in [0.1, 0.15) is 28.6 Å². The van der Waals surface area contributed by atoms with E-state index < -0.39 is 5.82 Å². The number of nitrogens with two attached hydrogens (primary N) is 1. The smallest absolute Gasteiger partial charge is 0.231 e. The van der Waals surface area contributed by atoms with Crippen LogP contribution in [-0.4, -0.2) is 45.6 Å². The van der Waals surface area contributed by atoms with Gasteiger partial charge in [-0.3, -0.25) is 4.40 Å². The molecule has 0 aliphatic carbocycles. The fourth-order valence-corrected chi connectivity index (χ4v) is 4.87. The molecule has 6 rings (SSSR count). The molecule has 2 aromatic heterocycles. The van der Waals surface area contributed by atoms with Crippen LogP contribution in [0.3, 0.4) is 0 Å². The van der Waals surface area contributed by atoms with Gasteiger partial charge in [-0.15, -0.1) is 0 Å². The minimum Gasteiger partial charge on any atom is -0.454 e. The molecule has 2 aliphatic heterocycles. The molecule has 10 heteroatoms. The highest BCUT2D eigenvalue weighted by atomic mass is 19.1. The maximum Gasteiger partial charge on any atom is 0.231 e. The van der Waals surface area contributed by atoms with Gasteiger partial charge in [0.15, 0.2) is 11.5 Å². The molecule has 186 valence electrons. The van der Waals surface area contributed by atoms with Crippen LogP contribution in [0.1, 0.15) is 25.1 Å². The Bertz CT molecular complexity index is 1420. The summed E-state index contributed by atoms with van der Waals surface area (Å²) >= 11 is 0. The predicted molar refractivity (Wildman–Crippen MR) is 129 cm³/mol. The number of nitrogen functional groups attached to an aromatic ring is 1. The zero-order valence-corrected chi connectivity index (χ0v) is 19.6. The lowest BCUT2D eigenvalue weighted by Gasteiger charge is -2.32. The predicted octanol–water partition coefficient (Wildman–Crippen LogP) is 4.14. The van der Waals surface area contributed by atoms with E-state index in [-0.39, 0.29) is 42.8 Å². The second kappa shape index (κ2) is 8.96. The SMILES string of the molecule is CC1CC(c2nc(-c3ccc(Oc4ccc5c(c4F)OCO5)cc3)c3c(N)nccn23)COC1CO. The summed E-state index contributed by atoms with van der Waals surface area (Å²) in [5.74, 6) is 1.74. The van der Waals surface area contributed by atoms with Gasteiger partial charge in [0, 0.05) is 23.9 Å². The van der Waals surface area contributed by atoms with Crippen molar-refractivity contribution in [2.24, 2.45) is 5.92 Å². The summed E-state index contributed by atoms with van der Waals surface area (Å²) in [4.78, 5) is 9.23. The van der Waals surface area contributed by atoms with Crippen LogP contribution in [0, 0.1) is 11.7 Å². The molecule has 0 amide bonds. The largest absolute Gasteiger partial charge is 0.454 e. The summed E-state index contributed by atoms with van der Waals surface area (Å²) < 4.78 is 38.7. The van der Waals surface area contributed by atoms with E-state index in [1.54, 1.807) is 24.4 Å². The van der Waals surface area contributed by atoms with Crippen molar-refractivity contribution >= 4 is 11.3 Å². The van der Waals surface area contributed by atoms with Crippen LogP contribution in [0.4, 0.5) is 10.2 Å². The van der Waals surface area contributed by atoms with Crippen LogP contribution in [0.2, 0.25) is 0 Å². The van der Waals surface area contributed by atoms with Crippen LogP contribution in [0.25, 0.3) is 16.8 Å². The fourth-order valence-electron chi connectivity index (χ4n) is 4.87. The molecular formula is C26H25FN4O5. The molecule has 0 bridgehead atoms. The van der Waals surface area contributed by atoms with Gasteiger partial charge in [0.05, 0.1) is 19.3 Å². The number of imidazole rings is 1. The molecular weight excluding hydrogens is 467 g/mol. The number of fused-ring (bicyclic) bond motifs is 2. The highest BCUT2D eigenvalue weighted by Crippen LogP contribution is 2.41. The maximum atomic E-state index is 14.7. The van der Waals surface area contributed by atoms with E-state index in [1.807, 2.05) is 22.7 Å². The average Bonchev–Trinajstić information content (AvgIpc) is 3.53. The van der Waals surface area contributed by atoms with Crippen LogP contribution >= 0.6 is 0 Å². The van der Waals surface area contributed by atoms with E-state index in [2.05, 4.69) is 11.9 Å². The molecule has 3 N–H and O–H groups in total. The number of aliphatic hydroxyl groups is 1. The van der Waals surface area contributed by atoms with Gasteiger partial charge in [0.2, 0.25) is 18.4 Å². The van der Waals surface area contributed by atoms with Gasteiger partial charge in [-0.05, 0) is 48.7 Å². The number of rotatable bonds is 5. The third-order valence-corrected chi connectivity index (χ3v) is 6.76. The molecule has 0 saturated carbocycles. The molecule has 1 fully saturated rings. The first-order valence-corrected chi connectivity index (χ1v) is 11.7. The average molecular weight is 493 g/mol. The topological polar surface area (TPSA) is 113 Å². The number of aromatic nitrogens is 3. The van der Waals surface area contributed by atoms with Gasteiger partial charge >= 0.3 is 0 Å². The number of ether oxygens (including phenoxy) is 4. The Morgan fingerprint density at radius 1 is 1.19 bits per heavy atom. The highest BCUT2D eigenvalue weighted by Gasteiger charge is 2.32. The molecule has 2 aliphatic rings. The minimum absolute atomic E-state index is 0.00289. The summed E-state index contributed by atoms with van der Waals surface area (Å²) in [6.45, 7) is 2.52. The summed E-state index contributed by atoms with van der Waals surface area (Å²) in [7, 11) is 0. The van der Waals surface area contributed by atoms with Crippen molar-refractivity contribution in [3.05, 3.63) is 60.4 Å². The summed E-state index contributed by atoms with van der Waals surface area (Å²) in [6, 6.07) is 10.3. The molecule has 0 radical (unpaired) electrons. The van der Waals surface area contributed by atoms with Crippen LogP contribution in [0.15, 0.2) is 48.8 Å². The third-order valence-electron chi connectivity index (χ3n) is 6.76. The van der Waals surface area contributed by atoms with Crippen LogP contribution < -0.4 is 19.9 Å². The van der Waals surface area contributed by atoms with Crippen molar-refractivity contribution in [1.29, 1.82) is 0 Å². The van der Waals surface area contributed by atoms with Gasteiger partial charge in [-0.1, -0.05) is 6.92 Å². The van der Waals surface area contributed by atoms with Crippen molar-refractivity contribution < 1.29 is 28.4 Å². The third kappa shape index (κ3) is 3.78. The highest BCUT2D eigenvalue weighted by molar-refractivity contribution is 5.85. The molecule has 3 unspecified atom stereocenters. The lowest BCUT2D eigenvalue weighted by Crippen LogP contribution is -2.35. The number of halogens is 1. The Labute approximate surface area is 206 Å². The van der Waals surface area contributed by atoms with E-state index in [0.717, 1.165) is 17.8 Å². The first-order valence-electron chi connectivity index (χ1n) is 11.7. The zero-order valence-electron chi connectivity index (χ0n) is 19.6. The van der Waals surface area contributed by atoms with Crippen LogP contribution in [0.5, 0.6) is 23.0 Å². The Morgan fingerprint density at radius 2 is 2.03 bits per heavy atom. The van der Waals surface area contributed by atoms with E-state index >= 15 is 0 Å². The first kappa shape index (κ1) is 22.6. The Morgan fingerprint density at radius 3 is 2.81 bits per heavy atom. The molecule has 0 spiro atoms. The van der Waals surface area contributed by atoms with Gasteiger partial charge in [-0.25, -0.2) is 9.97 Å². The van der Waals surface area contributed by atoms with Gasteiger partial charge in [-0.2, -0.15) is 4.39 Å². The van der Waals surface area contributed by atoms with E-state index in [4.69, 9.17) is 29.7 Å². The molecule has 4 aromatic rings. The first-order chi connectivity index (χ1) is 17.5. The molecule has 2 aromatic carbocycles. The molecule has 3 atom stereocenters. The lowest BCUT2D eigenvalue weighted by atomic mass is 9.89. The number of hydrogen-bond acceptors (Lipinski definition) is 8. The van der Waals surface area contributed by atoms with E-state index in [1.165, 1.54) is 6.07 Å². The van der Waals surface area contributed by atoms with Crippen molar-refractivity contribution in [3.63, 3.8) is 0 Å². The van der Waals surface area contributed by atoms with Crippen molar-refractivity contribution in [2.75, 3.05) is 25.7 Å². The molecule has 1 saturated heterocycles. The number of aliphatic hydroxyl groups excluding tert-OH is 1. The lowest BCUT2D eigenvalue weighted by molar-refractivity contribution is -0.0603. The van der Waals surface area contributed by atoms with Crippen molar-refractivity contribution in [3.8, 4) is 34.3 Å². The normalized spacial score (nSPS) is 21.1. The monoisotopic (exact) mass is 492 g/mol. The zero-order chi connectivity index (χ0) is 24.8. The molecule has 36 heavy (non-hydrogen) atoms. The summed E-state index contributed by atoms with van der Waals surface area (Å²) in [5, 5.41) is 9.54. The number of hydrogen-bond donors (Lipinski definition) is 2. The van der Waals surface area contributed by atoms with Gasteiger partial charge < -0.3 is 29.8 Å². The van der Waals surface area contributed by atoms with Gasteiger partial charge in [0.25, 0.3) is 0 Å². The summed E-state index contributed by atoms with van der Waals surface area (Å²) in [6.07, 6.45) is 4.17. The van der Waals surface area contributed by atoms with E-state index in [0.29, 0.717) is 35.1 Å². The second-order valence-electron chi connectivity index (χ2n) is 9.05. The number of anilines is 1. The minimum atomic E-state index is -0.606. The van der Waals surface area contributed by atoms with Crippen LogP contribution in [-0.2, 0) is 4.74 Å². The molecule has 9 nitrogen and oxygen atoms in total.